The number of hydrogen-bond donors (Lipinski definition) is 1. The lowest BCUT2D eigenvalue weighted by Crippen LogP contribution is -2.37. The van der Waals surface area contributed by atoms with Gasteiger partial charge < -0.3 is 18.9 Å². The van der Waals surface area contributed by atoms with Crippen molar-refractivity contribution in [2.45, 2.75) is 219 Å². The highest BCUT2D eigenvalue weighted by molar-refractivity contribution is 7.47. The summed E-state index contributed by atoms with van der Waals surface area (Å²) in [6, 6.07) is 0. The SMILES string of the molecule is CCCCCCCCC/C=C\CCCCCCCCCCOCC(COP(=O)(O)OCC[N+](C)(C)C)OC(=O)CCCCCCCCCCCCCCC. The molecular weight excluding hydrogens is 697 g/mol. The molecular formula is C45H91NO7P+. The van der Waals surface area contributed by atoms with E-state index >= 15 is 0 Å². The summed E-state index contributed by atoms with van der Waals surface area (Å²) in [7, 11) is 1.68. The molecule has 9 heteroatoms. The third-order valence-electron chi connectivity index (χ3n) is 10.1. The molecule has 0 spiro atoms. The third kappa shape index (κ3) is 42.4. The van der Waals surface area contributed by atoms with Gasteiger partial charge in [0, 0.05) is 13.0 Å². The third-order valence-corrected chi connectivity index (χ3v) is 11.1. The first-order valence-corrected chi connectivity index (χ1v) is 24.4. The number of ether oxygens (including phenoxy) is 2. The summed E-state index contributed by atoms with van der Waals surface area (Å²) in [5.74, 6) is -0.312. The van der Waals surface area contributed by atoms with Gasteiger partial charge in [0.1, 0.15) is 19.3 Å². The maximum atomic E-state index is 12.7. The zero-order valence-corrected chi connectivity index (χ0v) is 37.4. The van der Waals surface area contributed by atoms with E-state index in [1.165, 1.54) is 161 Å². The topological polar surface area (TPSA) is 91.3 Å². The fourth-order valence-electron chi connectivity index (χ4n) is 6.49. The van der Waals surface area contributed by atoms with Gasteiger partial charge in [-0.1, -0.05) is 180 Å². The summed E-state index contributed by atoms with van der Waals surface area (Å²) in [5.41, 5.74) is 0. The van der Waals surface area contributed by atoms with Crippen molar-refractivity contribution in [2.75, 3.05) is 54.1 Å². The van der Waals surface area contributed by atoms with Crippen LogP contribution in [0.25, 0.3) is 0 Å². The number of unbranched alkanes of at least 4 members (excludes halogenated alkanes) is 27. The smallest absolute Gasteiger partial charge is 0.457 e. The summed E-state index contributed by atoms with van der Waals surface area (Å²) in [5, 5.41) is 0. The normalized spacial score (nSPS) is 13.8. The number of hydrogen-bond acceptors (Lipinski definition) is 6. The second kappa shape index (κ2) is 39.1. The summed E-state index contributed by atoms with van der Waals surface area (Å²) in [6.45, 7) is 5.65. The molecule has 2 unspecified atom stereocenters. The average Bonchev–Trinajstić information content (AvgIpc) is 3.12. The van der Waals surface area contributed by atoms with Crippen LogP contribution >= 0.6 is 7.82 Å². The van der Waals surface area contributed by atoms with Crippen molar-refractivity contribution in [3.8, 4) is 0 Å². The summed E-state index contributed by atoms with van der Waals surface area (Å²) < 4.78 is 35.0. The van der Waals surface area contributed by atoms with E-state index in [1.54, 1.807) is 0 Å². The number of nitrogens with zero attached hydrogens (tertiary/aromatic N) is 1. The Labute approximate surface area is 335 Å². The number of quaternary nitrogens is 1. The standard InChI is InChI=1S/C45H90NO7P/c1-6-8-10-12-14-16-18-20-21-22-23-24-25-27-29-31-33-35-37-40-50-42-44(43-52-54(48,49)51-41-39-46(3,4)5)53-45(47)38-36-34-32-30-28-26-19-17-15-13-11-9-7-2/h21-22,44H,6-20,23-43H2,1-5H3/p+1/b22-21-. The minimum Gasteiger partial charge on any atom is -0.457 e. The van der Waals surface area contributed by atoms with E-state index in [0.717, 1.165) is 32.1 Å². The highest BCUT2D eigenvalue weighted by Gasteiger charge is 2.26. The Hall–Kier alpha value is -0.760. The minimum absolute atomic E-state index is 0.0913. The number of esters is 1. The van der Waals surface area contributed by atoms with E-state index in [4.69, 9.17) is 18.5 Å². The van der Waals surface area contributed by atoms with Crippen LogP contribution in [0.4, 0.5) is 0 Å². The van der Waals surface area contributed by atoms with Gasteiger partial charge in [0.15, 0.2) is 0 Å². The molecule has 0 aromatic carbocycles. The van der Waals surface area contributed by atoms with Crippen molar-refractivity contribution in [3.05, 3.63) is 12.2 Å². The molecule has 2 atom stereocenters. The highest BCUT2D eigenvalue weighted by atomic mass is 31.2. The van der Waals surface area contributed by atoms with Gasteiger partial charge in [-0.15, -0.1) is 0 Å². The molecule has 0 bridgehead atoms. The van der Waals surface area contributed by atoms with Crippen molar-refractivity contribution in [1.29, 1.82) is 0 Å². The number of phosphoric acid groups is 1. The van der Waals surface area contributed by atoms with Gasteiger partial charge in [0.2, 0.25) is 0 Å². The maximum Gasteiger partial charge on any atom is 0.472 e. The molecule has 0 rings (SSSR count). The minimum atomic E-state index is -4.27. The molecule has 0 aromatic heterocycles. The van der Waals surface area contributed by atoms with Gasteiger partial charge in [0.25, 0.3) is 0 Å². The molecule has 0 amide bonds. The maximum absolute atomic E-state index is 12.7. The van der Waals surface area contributed by atoms with Crippen molar-refractivity contribution in [2.24, 2.45) is 0 Å². The number of carbonyl (C=O) groups is 1. The molecule has 0 saturated heterocycles. The largest absolute Gasteiger partial charge is 0.472 e. The molecule has 54 heavy (non-hydrogen) atoms. The van der Waals surface area contributed by atoms with E-state index in [0.29, 0.717) is 24.1 Å². The fraction of sp³-hybridized carbons (Fsp3) is 0.933. The molecule has 8 nitrogen and oxygen atoms in total. The Morgan fingerprint density at radius 2 is 0.963 bits per heavy atom. The number of phosphoric ester groups is 1. The monoisotopic (exact) mass is 789 g/mol. The number of carbonyl (C=O) groups excluding carboxylic acids is 1. The van der Waals surface area contributed by atoms with Crippen molar-refractivity contribution in [1.82, 2.24) is 0 Å². The first-order valence-electron chi connectivity index (χ1n) is 22.9. The second-order valence-corrected chi connectivity index (χ2v) is 18.2. The fourth-order valence-corrected chi connectivity index (χ4v) is 7.23. The van der Waals surface area contributed by atoms with Crippen LogP contribution in [0.5, 0.6) is 0 Å². The van der Waals surface area contributed by atoms with Crippen LogP contribution in [-0.2, 0) is 27.9 Å². The molecule has 0 radical (unpaired) electrons. The zero-order valence-electron chi connectivity index (χ0n) is 36.5. The Morgan fingerprint density at radius 3 is 1.41 bits per heavy atom. The van der Waals surface area contributed by atoms with Crippen molar-refractivity contribution < 1.29 is 37.3 Å². The van der Waals surface area contributed by atoms with Crippen LogP contribution in [0.1, 0.15) is 213 Å². The van der Waals surface area contributed by atoms with E-state index in [2.05, 4.69) is 26.0 Å². The Balaban J connectivity index is 4.16. The first kappa shape index (κ1) is 53.2. The van der Waals surface area contributed by atoms with Crippen molar-refractivity contribution in [3.63, 3.8) is 0 Å². The molecule has 0 aliphatic carbocycles. The quantitative estimate of drug-likeness (QED) is 0.0216. The lowest BCUT2D eigenvalue weighted by atomic mass is 10.0. The average molecular weight is 789 g/mol. The predicted molar refractivity (Wildman–Crippen MR) is 229 cm³/mol. The van der Waals surface area contributed by atoms with Crippen LogP contribution in [0, 0.1) is 0 Å². The number of likely N-dealkylation sites (N-methyl/N-ethyl adjacent to an activating group) is 1. The van der Waals surface area contributed by atoms with E-state index in [9.17, 15) is 14.3 Å². The number of rotatable bonds is 43. The highest BCUT2D eigenvalue weighted by Crippen LogP contribution is 2.43. The van der Waals surface area contributed by atoms with E-state index in [1.807, 2.05) is 21.1 Å². The molecule has 0 aliphatic rings. The lowest BCUT2D eigenvalue weighted by molar-refractivity contribution is -0.870. The van der Waals surface area contributed by atoms with Crippen LogP contribution in [0.2, 0.25) is 0 Å². The zero-order chi connectivity index (χ0) is 39.9. The van der Waals surface area contributed by atoms with Crippen LogP contribution in [0.3, 0.4) is 0 Å². The number of allylic oxidation sites excluding steroid dienone is 2. The second-order valence-electron chi connectivity index (χ2n) is 16.8. The van der Waals surface area contributed by atoms with E-state index < -0.39 is 13.9 Å². The van der Waals surface area contributed by atoms with Crippen molar-refractivity contribution >= 4 is 13.8 Å². The Bertz CT molecular complexity index is 879. The molecule has 0 aliphatic heterocycles. The summed E-state index contributed by atoms with van der Waals surface area (Å²) in [4.78, 5) is 22.9. The van der Waals surface area contributed by atoms with E-state index in [-0.39, 0.29) is 25.8 Å². The summed E-state index contributed by atoms with van der Waals surface area (Å²) >= 11 is 0. The van der Waals surface area contributed by atoms with Crippen LogP contribution in [-0.4, -0.2) is 75.6 Å². The first-order chi connectivity index (χ1) is 26.1. The Kier molecular flexibility index (Phi) is 38.5. The molecule has 0 fully saturated rings. The summed E-state index contributed by atoms with van der Waals surface area (Å²) in [6.07, 6.45) is 42.4. The van der Waals surface area contributed by atoms with Gasteiger partial charge in [-0.3, -0.25) is 13.8 Å². The van der Waals surface area contributed by atoms with Gasteiger partial charge in [-0.05, 0) is 38.5 Å². The van der Waals surface area contributed by atoms with Gasteiger partial charge in [0.05, 0.1) is 34.4 Å². The lowest BCUT2D eigenvalue weighted by Gasteiger charge is -2.24. The molecule has 322 valence electrons. The Morgan fingerprint density at radius 1 is 0.556 bits per heavy atom. The van der Waals surface area contributed by atoms with Crippen LogP contribution < -0.4 is 0 Å². The molecule has 0 heterocycles. The molecule has 0 aromatic rings. The molecule has 0 saturated carbocycles. The van der Waals surface area contributed by atoms with Gasteiger partial charge in [-0.25, -0.2) is 4.57 Å². The predicted octanol–water partition coefficient (Wildman–Crippen LogP) is 13.4. The van der Waals surface area contributed by atoms with Crippen LogP contribution in [0.15, 0.2) is 12.2 Å². The molecule has 1 N–H and O–H groups in total. The van der Waals surface area contributed by atoms with Gasteiger partial charge in [-0.2, -0.15) is 0 Å². The van der Waals surface area contributed by atoms with Gasteiger partial charge >= 0.3 is 13.8 Å².